The number of carbonyl (C=O) groups excluding carboxylic acids is 3. The van der Waals surface area contributed by atoms with Gasteiger partial charge in [0, 0.05) is 12.1 Å². The van der Waals surface area contributed by atoms with E-state index in [-0.39, 0.29) is 12.5 Å². The Morgan fingerprint density at radius 3 is 2.14 bits per heavy atom. The third-order valence-corrected chi connectivity index (χ3v) is 4.88. The zero-order valence-corrected chi connectivity index (χ0v) is 23.7. The summed E-state index contributed by atoms with van der Waals surface area (Å²) in [7, 11) is 1.60. The van der Waals surface area contributed by atoms with Gasteiger partial charge in [0.2, 0.25) is 5.96 Å². The van der Waals surface area contributed by atoms with Gasteiger partial charge in [-0.05, 0) is 92.3 Å². The normalized spacial score (nSPS) is 12.8. The minimum atomic E-state index is -0.732. The van der Waals surface area contributed by atoms with E-state index in [1.807, 2.05) is 26.8 Å². The van der Waals surface area contributed by atoms with Gasteiger partial charge >= 0.3 is 12.2 Å². The van der Waals surface area contributed by atoms with E-state index < -0.39 is 29.4 Å². The van der Waals surface area contributed by atoms with Gasteiger partial charge in [0.15, 0.2) is 5.75 Å². The molecule has 0 aromatic heterocycles. The van der Waals surface area contributed by atoms with E-state index in [1.165, 1.54) is 0 Å². The Morgan fingerprint density at radius 1 is 1.00 bits per heavy atom. The van der Waals surface area contributed by atoms with Crippen LogP contribution in [-0.2, 0) is 14.3 Å². The molecule has 1 aromatic rings. The molecule has 1 atom stereocenters. The van der Waals surface area contributed by atoms with Gasteiger partial charge in [-0.1, -0.05) is 0 Å². The lowest BCUT2D eigenvalue weighted by atomic mass is 10.0. The van der Waals surface area contributed by atoms with Gasteiger partial charge in [-0.2, -0.15) is 5.48 Å². The third kappa shape index (κ3) is 11.9. The summed E-state index contributed by atoms with van der Waals surface area (Å²) >= 11 is 0. The molecular weight excluding hydrogens is 480 g/mol. The lowest BCUT2D eigenvalue weighted by molar-refractivity contribution is -0.109. The Kier molecular flexibility index (Phi) is 11.7. The molecule has 1 rings (SSSR count). The minimum absolute atomic E-state index is 0.0317. The van der Waals surface area contributed by atoms with E-state index in [9.17, 15) is 14.4 Å². The maximum Gasteiger partial charge on any atom is 0.414 e. The van der Waals surface area contributed by atoms with Crippen molar-refractivity contribution in [3.63, 3.8) is 0 Å². The van der Waals surface area contributed by atoms with Gasteiger partial charge in [0.05, 0.1) is 13.2 Å². The first kappa shape index (κ1) is 31.5. The van der Waals surface area contributed by atoms with Crippen LogP contribution < -0.4 is 25.7 Å². The lowest BCUT2D eigenvalue weighted by Crippen LogP contribution is -2.45. The molecule has 0 aliphatic carbocycles. The van der Waals surface area contributed by atoms with Gasteiger partial charge < -0.3 is 29.2 Å². The van der Waals surface area contributed by atoms with Crippen LogP contribution in [0.25, 0.3) is 0 Å². The molecule has 1 aromatic carbocycles. The van der Waals surface area contributed by atoms with Crippen LogP contribution in [0.5, 0.6) is 11.5 Å². The fourth-order valence-electron chi connectivity index (χ4n) is 3.12. The Hall–Kier alpha value is -3.50. The number of nitrogens with one attached hydrogen (secondary N) is 3. The molecule has 0 saturated carbocycles. The van der Waals surface area contributed by atoms with Crippen LogP contribution in [0.3, 0.4) is 0 Å². The van der Waals surface area contributed by atoms with E-state index in [2.05, 4.69) is 21.1 Å². The topological polar surface area (TPSA) is 137 Å². The zero-order chi connectivity index (χ0) is 28.4. The fourth-order valence-corrected chi connectivity index (χ4v) is 3.12. The molecule has 0 radical (unpaired) electrons. The average molecular weight is 523 g/mol. The Bertz CT molecular complexity index is 979. The van der Waals surface area contributed by atoms with Crippen LogP contribution >= 0.6 is 0 Å². The van der Waals surface area contributed by atoms with Gasteiger partial charge in [-0.3, -0.25) is 10.3 Å². The van der Waals surface area contributed by atoms with Crippen LogP contribution in [0.15, 0.2) is 11.1 Å². The van der Waals surface area contributed by atoms with E-state index >= 15 is 0 Å². The number of nitrogens with zero attached hydrogens (tertiary/aromatic N) is 1. The molecule has 0 unspecified atom stereocenters. The number of aryl methyl sites for hydroxylation is 1. The number of aliphatic imine (C=N–C) groups is 1. The van der Waals surface area contributed by atoms with Crippen molar-refractivity contribution in [3.8, 4) is 11.5 Å². The molecule has 208 valence electrons. The number of alkyl carbamates (subject to hydrolysis) is 2. The summed E-state index contributed by atoms with van der Waals surface area (Å²) in [5, 5.41) is 5.07. The van der Waals surface area contributed by atoms with E-state index in [1.54, 1.807) is 48.7 Å². The van der Waals surface area contributed by atoms with E-state index in [0.29, 0.717) is 24.9 Å². The molecule has 37 heavy (non-hydrogen) atoms. The maximum atomic E-state index is 12.3. The van der Waals surface area contributed by atoms with Crippen molar-refractivity contribution in [2.45, 2.75) is 92.4 Å². The minimum Gasteiger partial charge on any atom is -0.496 e. The van der Waals surface area contributed by atoms with Gasteiger partial charge in [0.1, 0.15) is 23.2 Å². The molecule has 0 aliphatic heterocycles. The molecule has 0 aliphatic rings. The second kappa shape index (κ2) is 13.7. The average Bonchev–Trinajstić information content (AvgIpc) is 2.75. The lowest BCUT2D eigenvalue weighted by Gasteiger charge is -2.22. The number of hydroxylamine groups is 1. The highest BCUT2D eigenvalue weighted by Crippen LogP contribution is 2.32. The van der Waals surface area contributed by atoms with Gasteiger partial charge in [-0.15, -0.1) is 0 Å². The van der Waals surface area contributed by atoms with Crippen molar-refractivity contribution in [1.29, 1.82) is 0 Å². The predicted octanol–water partition coefficient (Wildman–Crippen LogP) is 4.26. The van der Waals surface area contributed by atoms with Crippen molar-refractivity contribution >= 4 is 24.4 Å². The largest absolute Gasteiger partial charge is 0.496 e. The van der Waals surface area contributed by atoms with Crippen LogP contribution in [0.4, 0.5) is 9.59 Å². The number of guanidine groups is 1. The summed E-state index contributed by atoms with van der Waals surface area (Å²) in [5.41, 5.74) is 3.92. The predicted molar refractivity (Wildman–Crippen MR) is 141 cm³/mol. The molecule has 0 spiro atoms. The number of hydrogen-bond donors (Lipinski definition) is 3. The summed E-state index contributed by atoms with van der Waals surface area (Å²) in [6.45, 7) is 16.4. The Morgan fingerprint density at radius 2 is 1.59 bits per heavy atom. The molecule has 11 heteroatoms. The standard InChI is InChI=1S/C26H42N4O7/c1-16-14-20(34-10)17(2)18(3)21(16)37-30-22(29-24(33)36-26(7,8)9)27-13-11-12-19(15-31)28-23(32)35-25(4,5)6/h14-15,19H,11-13H2,1-10H3,(H,28,32)(H2,27,29,30,33)/t19-/m0/s1. The summed E-state index contributed by atoms with van der Waals surface area (Å²) in [4.78, 5) is 45.8. The van der Waals surface area contributed by atoms with Gasteiger partial charge in [-0.25, -0.2) is 9.59 Å². The first-order valence-corrected chi connectivity index (χ1v) is 12.1. The molecule has 3 N–H and O–H groups in total. The molecule has 0 fully saturated rings. The van der Waals surface area contributed by atoms with Crippen molar-refractivity contribution < 1.29 is 33.4 Å². The highest BCUT2D eigenvalue weighted by molar-refractivity contribution is 5.93. The van der Waals surface area contributed by atoms with Gasteiger partial charge in [0.25, 0.3) is 0 Å². The molecular formula is C26H42N4O7. The van der Waals surface area contributed by atoms with E-state index in [4.69, 9.17) is 19.0 Å². The second-order valence-electron chi connectivity index (χ2n) is 10.6. The quantitative estimate of drug-likeness (QED) is 0.144. The highest BCUT2D eigenvalue weighted by atomic mass is 16.7. The van der Waals surface area contributed by atoms with Crippen molar-refractivity contribution in [2.24, 2.45) is 4.99 Å². The number of benzene rings is 1. The number of carbonyl (C=O) groups is 3. The smallest absolute Gasteiger partial charge is 0.414 e. The maximum absolute atomic E-state index is 12.3. The van der Waals surface area contributed by atoms with Crippen LogP contribution in [0, 0.1) is 20.8 Å². The molecule has 0 saturated heterocycles. The van der Waals surface area contributed by atoms with Crippen molar-refractivity contribution in [2.75, 3.05) is 13.7 Å². The molecule has 2 amide bonds. The first-order valence-electron chi connectivity index (χ1n) is 12.1. The number of methoxy groups -OCH3 is 1. The zero-order valence-electron chi connectivity index (χ0n) is 23.7. The fraction of sp³-hybridized carbons (Fsp3) is 0.615. The summed E-state index contributed by atoms with van der Waals surface area (Å²) in [6, 6.07) is 1.12. The second-order valence-corrected chi connectivity index (χ2v) is 10.6. The molecule has 0 bridgehead atoms. The van der Waals surface area contributed by atoms with Crippen LogP contribution in [-0.4, -0.2) is 55.3 Å². The number of rotatable bonds is 9. The number of aldehydes is 1. The first-order chi connectivity index (χ1) is 17.1. The summed E-state index contributed by atoms with van der Waals surface area (Å²) in [5.74, 6) is 1.34. The monoisotopic (exact) mass is 522 g/mol. The Labute approximate surface area is 219 Å². The van der Waals surface area contributed by atoms with Crippen molar-refractivity contribution in [1.82, 2.24) is 16.1 Å². The number of amides is 2. The van der Waals surface area contributed by atoms with E-state index in [0.717, 1.165) is 22.4 Å². The summed E-state index contributed by atoms with van der Waals surface area (Å²) < 4.78 is 15.9. The number of ether oxygens (including phenoxy) is 3. The third-order valence-electron chi connectivity index (χ3n) is 4.88. The highest BCUT2D eigenvalue weighted by Gasteiger charge is 2.20. The molecule has 11 nitrogen and oxygen atoms in total. The Balaban J connectivity index is 2.90. The SMILES string of the molecule is COc1cc(C)c(ONC(=NCCC[C@@H](C=O)NC(=O)OC(C)(C)C)NC(=O)OC(C)(C)C)c(C)c1C. The van der Waals surface area contributed by atoms with Crippen LogP contribution in [0.2, 0.25) is 0 Å². The van der Waals surface area contributed by atoms with Crippen molar-refractivity contribution in [3.05, 3.63) is 22.8 Å². The van der Waals surface area contributed by atoms with Crippen LogP contribution in [0.1, 0.15) is 71.1 Å². The summed E-state index contributed by atoms with van der Waals surface area (Å²) in [6.07, 6.45) is 0.0184. The number of hydrogen-bond acceptors (Lipinski definition) is 8. The molecule has 0 heterocycles.